The van der Waals surface area contributed by atoms with Gasteiger partial charge in [-0.05, 0) is 31.5 Å². The van der Waals surface area contributed by atoms with Crippen LogP contribution in [0.1, 0.15) is 23.7 Å². The molecule has 6 nitrogen and oxygen atoms in total. The van der Waals surface area contributed by atoms with Crippen molar-refractivity contribution in [2.24, 2.45) is 5.41 Å². The molecule has 1 aliphatic rings. The summed E-state index contributed by atoms with van der Waals surface area (Å²) in [5, 5.41) is 14.4. The van der Waals surface area contributed by atoms with Crippen molar-refractivity contribution in [3.05, 3.63) is 46.2 Å². The Balaban J connectivity index is 1.81. The summed E-state index contributed by atoms with van der Waals surface area (Å²) in [6.07, 6.45) is 3.46. The van der Waals surface area contributed by atoms with Crippen LogP contribution in [0.25, 0.3) is 5.69 Å². The first-order valence-corrected chi connectivity index (χ1v) is 8.08. The molecule has 1 N–H and O–H groups in total. The van der Waals surface area contributed by atoms with Crippen molar-refractivity contribution in [3.8, 4) is 5.69 Å². The first kappa shape index (κ1) is 16.8. The molecule has 0 unspecified atom stereocenters. The van der Waals surface area contributed by atoms with Crippen LogP contribution < -0.4 is 0 Å². The molecule has 24 heavy (non-hydrogen) atoms. The van der Waals surface area contributed by atoms with Crippen molar-refractivity contribution in [3.63, 3.8) is 0 Å². The zero-order chi connectivity index (χ0) is 17.5. The van der Waals surface area contributed by atoms with Gasteiger partial charge in [-0.3, -0.25) is 9.59 Å². The van der Waals surface area contributed by atoms with Crippen molar-refractivity contribution in [1.29, 1.82) is 0 Å². The minimum Gasteiger partial charge on any atom is -0.481 e. The zero-order valence-electron chi connectivity index (χ0n) is 12.9. The Bertz CT molecular complexity index is 821. The highest BCUT2D eigenvalue weighted by Gasteiger charge is 2.42. The number of nitrogens with zero attached hydrogens (tertiary/aromatic N) is 3. The standard InChI is InChI=1S/C16H15Cl2N3O3/c1-16(15(23)24)4-5-20(9-16)14(22)10-7-19-21(8-10)13-3-2-11(17)6-12(13)18/h2-3,6-8H,4-5,9H2,1H3,(H,23,24)/t16-/m0/s1. The van der Waals surface area contributed by atoms with Gasteiger partial charge in [-0.25, -0.2) is 4.68 Å². The summed E-state index contributed by atoms with van der Waals surface area (Å²) in [6.45, 7) is 2.25. The van der Waals surface area contributed by atoms with E-state index in [1.54, 1.807) is 36.2 Å². The van der Waals surface area contributed by atoms with Crippen LogP contribution in [0.2, 0.25) is 10.0 Å². The average Bonchev–Trinajstić information content (AvgIpc) is 3.14. The van der Waals surface area contributed by atoms with E-state index >= 15 is 0 Å². The zero-order valence-corrected chi connectivity index (χ0v) is 14.4. The van der Waals surface area contributed by atoms with Crippen molar-refractivity contribution >= 4 is 35.1 Å². The molecule has 1 saturated heterocycles. The van der Waals surface area contributed by atoms with E-state index in [0.29, 0.717) is 34.3 Å². The lowest BCUT2D eigenvalue weighted by Crippen LogP contribution is -2.34. The van der Waals surface area contributed by atoms with E-state index in [9.17, 15) is 14.7 Å². The van der Waals surface area contributed by atoms with Crippen molar-refractivity contribution in [2.45, 2.75) is 13.3 Å². The van der Waals surface area contributed by atoms with Gasteiger partial charge in [0, 0.05) is 24.3 Å². The van der Waals surface area contributed by atoms with Gasteiger partial charge >= 0.3 is 5.97 Å². The highest BCUT2D eigenvalue weighted by molar-refractivity contribution is 6.35. The Labute approximate surface area is 148 Å². The predicted octanol–water partition coefficient (Wildman–Crippen LogP) is 3.12. The second kappa shape index (κ2) is 6.11. The molecular formula is C16H15Cl2N3O3. The number of carboxylic acid groups (broad SMARTS) is 1. The Hall–Kier alpha value is -2.05. The number of aromatic nitrogens is 2. The van der Waals surface area contributed by atoms with Gasteiger partial charge in [0.25, 0.3) is 5.91 Å². The lowest BCUT2D eigenvalue weighted by molar-refractivity contribution is -0.147. The number of hydrogen-bond donors (Lipinski definition) is 1. The molecule has 1 aliphatic heterocycles. The molecule has 2 aromatic rings. The van der Waals surface area contributed by atoms with E-state index in [-0.39, 0.29) is 12.5 Å². The maximum Gasteiger partial charge on any atom is 0.311 e. The smallest absolute Gasteiger partial charge is 0.311 e. The molecule has 1 aromatic heterocycles. The molecule has 0 spiro atoms. The van der Waals surface area contributed by atoms with Gasteiger partial charge in [0.15, 0.2) is 0 Å². The second-order valence-corrected chi connectivity index (χ2v) is 6.96. The molecule has 8 heteroatoms. The number of aliphatic carboxylic acids is 1. The third-order valence-electron chi connectivity index (χ3n) is 4.26. The number of likely N-dealkylation sites (tertiary alicyclic amines) is 1. The van der Waals surface area contributed by atoms with E-state index < -0.39 is 11.4 Å². The summed E-state index contributed by atoms with van der Waals surface area (Å²) in [5.74, 6) is -1.13. The van der Waals surface area contributed by atoms with Gasteiger partial charge in [0.2, 0.25) is 0 Å². The fourth-order valence-electron chi connectivity index (χ4n) is 2.72. The Morgan fingerprint density at radius 2 is 2.08 bits per heavy atom. The molecule has 0 radical (unpaired) electrons. The largest absolute Gasteiger partial charge is 0.481 e. The molecule has 1 amide bonds. The quantitative estimate of drug-likeness (QED) is 0.903. The number of amides is 1. The molecule has 2 heterocycles. The Morgan fingerprint density at radius 3 is 2.71 bits per heavy atom. The molecule has 1 atom stereocenters. The van der Waals surface area contributed by atoms with Crippen LogP contribution >= 0.6 is 23.2 Å². The average molecular weight is 368 g/mol. The van der Waals surface area contributed by atoms with Crippen molar-refractivity contribution in [1.82, 2.24) is 14.7 Å². The predicted molar refractivity (Wildman–Crippen MR) is 89.8 cm³/mol. The van der Waals surface area contributed by atoms with Gasteiger partial charge in [-0.1, -0.05) is 23.2 Å². The molecular weight excluding hydrogens is 353 g/mol. The summed E-state index contributed by atoms with van der Waals surface area (Å²) in [5.41, 5.74) is 0.0954. The summed E-state index contributed by atoms with van der Waals surface area (Å²) < 4.78 is 1.50. The number of hydrogen-bond acceptors (Lipinski definition) is 3. The Morgan fingerprint density at radius 1 is 1.33 bits per heavy atom. The van der Waals surface area contributed by atoms with E-state index in [4.69, 9.17) is 23.2 Å². The summed E-state index contributed by atoms with van der Waals surface area (Å²) in [6, 6.07) is 4.99. The van der Waals surface area contributed by atoms with Gasteiger partial charge in [-0.2, -0.15) is 5.10 Å². The highest BCUT2D eigenvalue weighted by atomic mass is 35.5. The highest BCUT2D eigenvalue weighted by Crippen LogP contribution is 2.31. The van der Waals surface area contributed by atoms with Crippen LogP contribution in [-0.2, 0) is 4.79 Å². The summed E-state index contributed by atoms with van der Waals surface area (Å²) in [4.78, 5) is 25.4. The number of carboxylic acids is 1. The van der Waals surface area contributed by atoms with Gasteiger partial charge in [0.1, 0.15) is 0 Å². The van der Waals surface area contributed by atoms with E-state index in [2.05, 4.69) is 5.10 Å². The van der Waals surface area contributed by atoms with Gasteiger partial charge < -0.3 is 10.0 Å². The Kier molecular flexibility index (Phi) is 4.27. The normalized spacial score (nSPS) is 20.4. The minimum atomic E-state index is -0.898. The third kappa shape index (κ3) is 2.99. The molecule has 1 fully saturated rings. The first-order chi connectivity index (χ1) is 11.3. The maximum absolute atomic E-state index is 12.6. The van der Waals surface area contributed by atoms with E-state index in [1.165, 1.54) is 10.9 Å². The maximum atomic E-state index is 12.6. The van der Waals surface area contributed by atoms with Crippen LogP contribution in [-0.4, -0.2) is 44.8 Å². The SMILES string of the molecule is C[C@]1(C(=O)O)CCN(C(=O)c2cnn(-c3ccc(Cl)cc3Cl)c2)C1. The molecule has 1 aromatic carbocycles. The summed E-state index contributed by atoms with van der Waals surface area (Å²) in [7, 11) is 0. The topological polar surface area (TPSA) is 75.4 Å². The van der Waals surface area contributed by atoms with Crippen LogP contribution in [0.5, 0.6) is 0 Å². The van der Waals surface area contributed by atoms with Gasteiger partial charge in [-0.15, -0.1) is 0 Å². The molecule has 0 aliphatic carbocycles. The van der Waals surface area contributed by atoms with Crippen LogP contribution in [0, 0.1) is 5.41 Å². The molecule has 0 bridgehead atoms. The van der Waals surface area contributed by atoms with Crippen LogP contribution in [0.4, 0.5) is 0 Å². The van der Waals surface area contributed by atoms with E-state index in [1.807, 2.05) is 0 Å². The number of carbonyl (C=O) groups is 2. The molecule has 0 saturated carbocycles. The third-order valence-corrected chi connectivity index (χ3v) is 4.80. The first-order valence-electron chi connectivity index (χ1n) is 7.33. The number of halogens is 2. The number of rotatable bonds is 3. The molecule has 126 valence electrons. The summed E-state index contributed by atoms with van der Waals surface area (Å²) >= 11 is 12.0. The number of carbonyl (C=O) groups excluding carboxylic acids is 1. The fourth-order valence-corrected chi connectivity index (χ4v) is 3.22. The van der Waals surface area contributed by atoms with Crippen LogP contribution in [0.3, 0.4) is 0 Å². The minimum absolute atomic E-state index is 0.189. The lowest BCUT2D eigenvalue weighted by atomic mass is 9.90. The van der Waals surface area contributed by atoms with E-state index in [0.717, 1.165) is 0 Å². The van der Waals surface area contributed by atoms with Crippen molar-refractivity contribution < 1.29 is 14.7 Å². The lowest BCUT2D eigenvalue weighted by Gasteiger charge is -2.19. The van der Waals surface area contributed by atoms with Gasteiger partial charge in [0.05, 0.1) is 27.9 Å². The number of benzene rings is 1. The fraction of sp³-hybridized carbons (Fsp3) is 0.312. The molecule has 3 rings (SSSR count). The van der Waals surface area contributed by atoms with Crippen molar-refractivity contribution in [2.75, 3.05) is 13.1 Å². The second-order valence-electron chi connectivity index (χ2n) is 6.11. The monoisotopic (exact) mass is 367 g/mol. The van der Waals surface area contributed by atoms with Crippen LogP contribution in [0.15, 0.2) is 30.6 Å².